The number of carbonyl (C=O) groups is 1. The number of hydrogen-bond acceptors (Lipinski definition) is 6. The van der Waals surface area contributed by atoms with Crippen molar-refractivity contribution in [3.63, 3.8) is 0 Å². The fourth-order valence-electron chi connectivity index (χ4n) is 2.99. The van der Waals surface area contributed by atoms with Crippen LogP contribution in [-0.4, -0.2) is 43.7 Å². The maximum absolute atomic E-state index is 12.2. The monoisotopic (exact) mass is 371 g/mol. The summed E-state index contributed by atoms with van der Waals surface area (Å²) in [4.78, 5) is 45.0. The number of nitrogens with zero attached hydrogens (tertiary/aromatic N) is 3. The van der Waals surface area contributed by atoms with Crippen molar-refractivity contribution >= 4 is 17.0 Å². The van der Waals surface area contributed by atoms with Gasteiger partial charge in [-0.15, -0.1) is 0 Å². The second kappa shape index (κ2) is 7.67. The largest absolute Gasteiger partial charge is 0.480 e. The first-order chi connectivity index (χ1) is 12.9. The van der Waals surface area contributed by atoms with Crippen molar-refractivity contribution in [3.8, 4) is 11.5 Å². The number of benzene rings is 1. The SMILES string of the molecule is Cc1cc2nc3c(=O)[nH]c(=O)nc-3n(CCCCNCC(=O)O)c2cc1C. The van der Waals surface area contributed by atoms with Gasteiger partial charge in [-0.2, -0.15) is 4.98 Å². The summed E-state index contributed by atoms with van der Waals surface area (Å²) in [6.45, 7) is 4.98. The number of hydrogen-bond donors (Lipinski definition) is 3. The highest BCUT2D eigenvalue weighted by Gasteiger charge is 2.18. The molecule has 0 aliphatic carbocycles. The van der Waals surface area contributed by atoms with Gasteiger partial charge in [-0.25, -0.2) is 9.78 Å². The van der Waals surface area contributed by atoms with E-state index in [4.69, 9.17) is 5.11 Å². The molecule has 0 radical (unpaired) electrons. The smallest absolute Gasteiger partial charge is 0.349 e. The average Bonchev–Trinajstić information content (AvgIpc) is 2.59. The van der Waals surface area contributed by atoms with Crippen LogP contribution in [0, 0.1) is 13.8 Å². The first kappa shape index (κ1) is 18.7. The lowest BCUT2D eigenvalue weighted by molar-refractivity contribution is -0.135. The van der Waals surface area contributed by atoms with Crippen LogP contribution in [0.3, 0.4) is 0 Å². The molecule has 0 saturated carbocycles. The number of carboxylic acid groups (broad SMARTS) is 1. The Morgan fingerprint density at radius 2 is 1.93 bits per heavy atom. The van der Waals surface area contributed by atoms with Crippen LogP contribution in [0.2, 0.25) is 0 Å². The van der Waals surface area contributed by atoms with Gasteiger partial charge in [-0.05, 0) is 56.5 Å². The van der Waals surface area contributed by atoms with Crippen molar-refractivity contribution in [1.82, 2.24) is 24.8 Å². The molecular weight excluding hydrogens is 350 g/mol. The Morgan fingerprint density at radius 1 is 1.19 bits per heavy atom. The molecule has 0 amide bonds. The molecule has 9 nitrogen and oxygen atoms in total. The van der Waals surface area contributed by atoms with Crippen LogP contribution in [-0.2, 0) is 11.3 Å². The summed E-state index contributed by atoms with van der Waals surface area (Å²) in [5.41, 5.74) is 2.49. The number of aliphatic carboxylic acids is 1. The van der Waals surface area contributed by atoms with E-state index in [0.29, 0.717) is 18.6 Å². The van der Waals surface area contributed by atoms with Gasteiger partial charge in [0.15, 0.2) is 11.5 Å². The Hall–Kier alpha value is -3.07. The van der Waals surface area contributed by atoms with Gasteiger partial charge < -0.3 is 15.0 Å². The molecule has 3 rings (SSSR count). The van der Waals surface area contributed by atoms with Gasteiger partial charge in [-0.3, -0.25) is 14.6 Å². The number of carboxylic acids is 1. The molecule has 0 spiro atoms. The van der Waals surface area contributed by atoms with Crippen molar-refractivity contribution in [2.24, 2.45) is 0 Å². The lowest BCUT2D eigenvalue weighted by atomic mass is 10.1. The number of aromatic amines is 1. The Balaban J connectivity index is 1.99. The highest BCUT2D eigenvalue weighted by molar-refractivity contribution is 5.81. The predicted molar refractivity (Wildman–Crippen MR) is 100 cm³/mol. The quantitative estimate of drug-likeness (QED) is 0.411. The third-order valence-electron chi connectivity index (χ3n) is 4.49. The zero-order valence-corrected chi connectivity index (χ0v) is 15.2. The van der Waals surface area contributed by atoms with Gasteiger partial charge in [-0.1, -0.05) is 0 Å². The minimum atomic E-state index is -0.896. The van der Waals surface area contributed by atoms with E-state index in [1.165, 1.54) is 0 Å². The van der Waals surface area contributed by atoms with E-state index >= 15 is 0 Å². The Morgan fingerprint density at radius 3 is 2.67 bits per heavy atom. The standard InChI is InChI=1S/C18H21N5O4/c1-10-7-12-13(8-11(10)2)23(6-4-3-5-19-9-14(24)25)16-15(20-12)17(26)22-18(27)21-16/h7-8,19H,3-6,9H2,1-2H3,(H,24,25)(H,22,26,27). The van der Waals surface area contributed by atoms with E-state index < -0.39 is 17.2 Å². The van der Waals surface area contributed by atoms with Crippen molar-refractivity contribution < 1.29 is 9.90 Å². The van der Waals surface area contributed by atoms with Crippen molar-refractivity contribution in [3.05, 3.63) is 44.1 Å². The molecule has 1 aromatic rings. The molecule has 0 bridgehead atoms. The van der Waals surface area contributed by atoms with E-state index in [1.807, 2.05) is 30.5 Å². The Labute approximate surface area is 154 Å². The van der Waals surface area contributed by atoms with Gasteiger partial charge >= 0.3 is 11.7 Å². The minimum Gasteiger partial charge on any atom is -0.480 e. The van der Waals surface area contributed by atoms with Crippen LogP contribution in [0.1, 0.15) is 24.0 Å². The van der Waals surface area contributed by atoms with Gasteiger partial charge in [0.05, 0.1) is 17.6 Å². The highest BCUT2D eigenvalue weighted by Crippen LogP contribution is 2.24. The number of fused-ring (bicyclic) bond motifs is 2. The van der Waals surface area contributed by atoms with Gasteiger partial charge in [0, 0.05) is 6.54 Å². The van der Waals surface area contributed by atoms with Gasteiger partial charge in [0.1, 0.15) is 0 Å². The molecule has 27 heavy (non-hydrogen) atoms. The number of H-pyrrole nitrogens is 1. The fraction of sp³-hybridized carbons (Fsp3) is 0.389. The molecule has 3 N–H and O–H groups in total. The summed E-state index contributed by atoms with van der Waals surface area (Å²) in [6, 6.07) is 3.90. The maximum Gasteiger partial charge on any atom is 0.349 e. The lowest BCUT2D eigenvalue weighted by Gasteiger charge is -2.17. The van der Waals surface area contributed by atoms with Crippen LogP contribution in [0.15, 0.2) is 21.7 Å². The van der Waals surface area contributed by atoms with E-state index in [0.717, 1.165) is 29.5 Å². The maximum atomic E-state index is 12.2. The number of aromatic nitrogens is 4. The van der Waals surface area contributed by atoms with Crippen molar-refractivity contribution in [1.29, 1.82) is 0 Å². The van der Waals surface area contributed by atoms with Crippen LogP contribution >= 0.6 is 0 Å². The molecule has 2 aliphatic rings. The number of nitrogens with one attached hydrogen (secondary N) is 2. The Kier molecular flexibility index (Phi) is 5.31. The summed E-state index contributed by atoms with van der Waals surface area (Å²) < 4.78 is 1.85. The van der Waals surface area contributed by atoms with E-state index in [2.05, 4.69) is 20.3 Å². The lowest BCUT2D eigenvalue weighted by Crippen LogP contribution is -2.29. The summed E-state index contributed by atoms with van der Waals surface area (Å²) in [6.07, 6.45) is 1.46. The van der Waals surface area contributed by atoms with Gasteiger partial charge in [0.2, 0.25) is 0 Å². The number of aryl methyl sites for hydroxylation is 3. The molecule has 9 heteroatoms. The summed E-state index contributed by atoms with van der Waals surface area (Å²) >= 11 is 0. The molecule has 0 unspecified atom stereocenters. The third kappa shape index (κ3) is 4.03. The first-order valence-electron chi connectivity index (χ1n) is 8.71. The average molecular weight is 371 g/mol. The highest BCUT2D eigenvalue weighted by atomic mass is 16.4. The normalized spacial score (nSPS) is 11.3. The zero-order valence-electron chi connectivity index (χ0n) is 15.2. The topological polar surface area (TPSA) is 130 Å². The molecule has 1 aromatic carbocycles. The second-order valence-electron chi connectivity index (χ2n) is 6.51. The first-order valence-corrected chi connectivity index (χ1v) is 8.71. The minimum absolute atomic E-state index is 0.0802. The van der Waals surface area contributed by atoms with Crippen molar-refractivity contribution in [2.75, 3.05) is 13.1 Å². The van der Waals surface area contributed by atoms with Gasteiger partial charge in [0.25, 0.3) is 5.56 Å². The van der Waals surface area contributed by atoms with Crippen LogP contribution < -0.4 is 16.6 Å². The molecule has 0 aromatic heterocycles. The summed E-state index contributed by atoms with van der Waals surface area (Å²) in [5.74, 6) is -0.634. The summed E-state index contributed by atoms with van der Waals surface area (Å²) in [7, 11) is 0. The molecule has 0 atom stereocenters. The molecule has 142 valence electrons. The van der Waals surface area contributed by atoms with E-state index in [9.17, 15) is 14.4 Å². The fourth-order valence-corrected chi connectivity index (χ4v) is 2.99. The van der Waals surface area contributed by atoms with Crippen LogP contribution in [0.25, 0.3) is 22.6 Å². The molecule has 2 aliphatic heterocycles. The van der Waals surface area contributed by atoms with Crippen LogP contribution in [0.5, 0.6) is 0 Å². The van der Waals surface area contributed by atoms with Crippen LogP contribution in [0.4, 0.5) is 0 Å². The summed E-state index contributed by atoms with van der Waals surface area (Å²) in [5, 5.41) is 11.5. The molecule has 2 heterocycles. The number of rotatable bonds is 7. The Bertz CT molecular complexity index is 1090. The molecular formula is C18H21N5O4. The molecule has 0 fully saturated rings. The van der Waals surface area contributed by atoms with E-state index in [1.54, 1.807) is 0 Å². The second-order valence-corrected chi connectivity index (χ2v) is 6.51. The molecule has 0 saturated heterocycles. The van der Waals surface area contributed by atoms with E-state index in [-0.39, 0.29) is 18.1 Å². The predicted octanol–water partition coefficient (Wildman–Crippen LogP) is 0.656. The van der Waals surface area contributed by atoms with Crippen molar-refractivity contribution in [2.45, 2.75) is 33.2 Å². The number of unbranched alkanes of at least 4 members (excludes halogenated alkanes) is 1. The zero-order chi connectivity index (χ0) is 19.6. The third-order valence-corrected chi connectivity index (χ3v) is 4.49.